The van der Waals surface area contributed by atoms with Crippen molar-refractivity contribution in [2.24, 2.45) is 10.9 Å². The lowest BCUT2D eigenvalue weighted by Crippen LogP contribution is -2.31. The number of rotatable bonds is 7. The fraction of sp³-hybridized carbons (Fsp3) is 0.565. The molecule has 0 bridgehead atoms. The minimum atomic E-state index is 0.437. The number of nitrogens with one attached hydrogen (secondary N) is 3. The monoisotopic (exact) mass is 430 g/mol. The Hall–Kier alpha value is -2.05. The van der Waals surface area contributed by atoms with Crippen LogP contribution < -0.4 is 16.0 Å². The summed E-state index contributed by atoms with van der Waals surface area (Å²) in [6, 6.07) is 0.437. The van der Waals surface area contributed by atoms with Gasteiger partial charge >= 0.3 is 0 Å². The molecular weight excluding hydrogens is 396 g/mol. The maximum Gasteiger partial charge on any atom is 0.200 e. The molecule has 6 nitrogen and oxygen atoms in total. The number of hydrogen-bond acceptors (Lipinski definition) is 3. The highest BCUT2D eigenvalue weighted by Crippen LogP contribution is 2.38. The summed E-state index contributed by atoms with van der Waals surface area (Å²) in [5.74, 6) is 1.18. The Morgan fingerprint density at radius 1 is 1.33 bits per heavy atom. The van der Waals surface area contributed by atoms with Crippen LogP contribution in [-0.4, -0.2) is 35.9 Å². The van der Waals surface area contributed by atoms with Crippen LogP contribution in [0.4, 0.5) is 5.69 Å². The molecule has 7 heteroatoms. The number of anilines is 1. The van der Waals surface area contributed by atoms with Gasteiger partial charge in [-0.25, -0.2) is 4.68 Å². The largest absolute Gasteiger partial charge is 0.326 e. The van der Waals surface area contributed by atoms with E-state index >= 15 is 0 Å². The van der Waals surface area contributed by atoms with Crippen LogP contribution in [0.15, 0.2) is 46.3 Å². The number of halogens is 1. The van der Waals surface area contributed by atoms with Crippen molar-refractivity contribution in [3.8, 4) is 0 Å². The van der Waals surface area contributed by atoms with E-state index < -0.39 is 0 Å². The van der Waals surface area contributed by atoms with Gasteiger partial charge in [0.2, 0.25) is 0 Å². The summed E-state index contributed by atoms with van der Waals surface area (Å²) in [7, 11) is 1.76. The summed E-state index contributed by atoms with van der Waals surface area (Å²) in [4.78, 5) is 4.40. The Kier molecular flexibility index (Phi) is 7.78. The molecule has 0 spiro atoms. The number of guanidine groups is 1. The standard InChI is InChI=1S/C23H35ClN6/c1-6-16(4)19(17-9-11-26-12-10-17)13-20(15(2)3)28-23(25-5)29-21-14-27-30(22(21)24)18-7-8-18/h13-14,17-18,26H,4,6-12H2,1-3,5H3,(H2,25,28,29)/b19-13+. The number of nitrogens with zero attached hydrogens (tertiary/aromatic N) is 3. The van der Waals surface area contributed by atoms with Crippen molar-refractivity contribution in [2.75, 3.05) is 25.5 Å². The SMILES string of the molecule is C=C(CC)/C(=C\C(NC(=NC)Nc1cnn(C2CC2)c1Cl)=C(C)C)C1CCNCC1. The Morgan fingerprint density at radius 3 is 2.60 bits per heavy atom. The zero-order valence-electron chi connectivity index (χ0n) is 18.7. The minimum absolute atomic E-state index is 0.437. The number of aromatic nitrogens is 2. The molecule has 0 radical (unpaired) electrons. The van der Waals surface area contributed by atoms with Gasteiger partial charge in [0.25, 0.3) is 0 Å². The quantitative estimate of drug-likeness (QED) is 0.322. The Balaban J connectivity index is 1.79. The topological polar surface area (TPSA) is 66.3 Å². The highest BCUT2D eigenvalue weighted by atomic mass is 35.5. The van der Waals surface area contributed by atoms with Gasteiger partial charge in [0.05, 0.1) is 17.9 Å². The van der Waals surface area contributed by atoms with Gasteiger partial charge in [-0.2, -0.15) is 5.10 Å². The van der Waals surface area contributed by atoms with Gasteiger partial charge in [-0.15, -0.1) is 0 Å². The fourth-order valence-electron chi connectivity index (χ4n) is 3.71. The second kappa shape index (κ2) is 10.3. The van der Waals surface area contributed by atoms with Gasteiger partial charge < -0.3 is 16.0 Å². The van der Waals surface area contributed by atoms with Crippen LogP contribution in [-0.2, 0) is 0 Å². The molecule has 2 aliphatic rings. The number of hydrogen-bond donors (Lipinski definition) is 3. The van der Waals surface area contributed by atoms with E-state index in [9.17, 15) is 0 Å². The summed E-state index contributed by atoms with van der Waals surface area (Å²) in [5.41, 5.74) is 5.55. The molecular formula is C23H35ClN6. The zero-order valence-corrected chi connectivity index (χ0v) is 19.4. The molecule has 30 heavy (non-hydrogen) atoms. The van der Waals surface area contributed by atoms with E-state index in [1.54, 1.807) is 13.2 Å². The molecule has 164 valence electrons. The van der Waals surface area contributed by atoms with Crippen LogP contribution in [0.25, 0.3) is 0 Å². The summed E-state index contributed by atoms with van der Waals surface area (Å²) >= 11 is 6.52. The highest BCUT2D eigenvalue weighted by Gasteiger charge is 2.27. The number of aliphatic imine (C=N–C) groups is 1. The van der Waals surface area contributed by atoms with Crippen molar-refractivity contribution in [2.45, 2.75) is 58.9 Å². The van der Waals surface area contributed by atoms with E-state index in [0.717, 1.165) is 56.6 Å². The van der Waals surface area contributed by atoms with E-state index in [2.05, 4.69) is 59.5 Å². The van der Waals surface area contributed by atoms with Crippen LogP contribution >= 0.6 is 11.6 Å². The van der Waals surface area contributed by atoms with Crippen molar-refractivity contribution >= 4 is 23.2 Å². The van der Waals surface area contributed by atoms with Crippen LogP contribution in [0.1, 0.15) is 58.9 Å². The van der Waals surface area contributed by atoms with E-state index in [-0.39, 0.29) is 0 Å². The lowest BCUT2D eigenvalue weighted by Gasteiger charge is -2.27. The Morgan fingerprint density at radius 2 is 2.03 bits per heavy atom. The maximum absolute atomic E-state index is 6.52. The van der Waals surface area contributed by atoms with E-state index in [4.69, 9.17) is 11.6 Å². The fourth-order valence-corrected chi connectivity index (χ4v) is 3.99. The number of piperidine rings is 1. The zero-order chi connectivity index (χ0) is 21.7. The third-order valence-corrected chi connectivity index (χ3v) is 6.19. The molecule has 3 rings (SSSR count). The van der Waals surface area contributed by atoms with Crippen molar-refractivity contribution in [3.05, 3.63) is 46.4 Å². The van der Waals surface area contributed by atoms with E-state index in [1.165, 1.54) is 16.7 Å². The van der Waals surface area contributed by atoms with Crippen molar-refractivity contribution in [1.82, 2.24) is 20.4 Å². The van der Waals surface area contributed by atoms with Gasteiger partial charge in [0.1, 0.15) is 0 Å². The molecule has 0 unspecified atom stereocenters. The molecule has 1 aliphatic heterocycles. The van der Waals surface area contributed by atoms with Gasteiger partial charge in [0, 0.05) is 12.7 Å². The average Bonchev–Trinajstić information content (AvgIpc) is 3.53. The lowest BCUT2D eigenvalue weighted by atomic mass is 9.84. The normalized spacial score (nSPS) is 18.3. The van der Waals surface area contributed by atoms with Gasteiger partial charge in [0.15, 0.2) is 11.1 Å². The molecule has 3 N–H and O–H groups in total. The molecule has 0 amide bonds. The van der Waals surface area contributed by atoms with E-state index in [0.29, 0.717) is 23.1 Å². The Bertz CT molecular complexity index is 849. The van der Waals surface area contributed by atoms with Crippen molar-refractivity contribution in [1.29, 1.82) is 0 Å². The predicted molar refractivity (Wildman–Crippen MR) is 127 cm³/mol. The summed E-state index contributed by atoms with van der Waals surface area (Å²) in [5, 5.41) is 15.3. The molecule has 2 heterocycles. The first-order chi connectivity index (χ1) is 14.4. The second-order valence-corrected chi connectivity index (χ2v) is 8.70. The van der Waals surface area contributed by atoms with Crippen molar-refractivity contribution in [3.63, 3.8) is 0 Å². The first-order valence-electron chi connectivity index (χ1n) is 11.0. The minimum Gasteiger partial charge on any atom is -0.326 e. The molecule has 1 aliphatic carbocycles. The Labute approximate surface area is 185 Å². The molecule has 1 aromatic heterocycles. The molecule has 1 saturated carbocycles. The van der Waals surface area contributed by atoms with Crippen molar-refractivity contribution < 1.29 is 0 Å². The smallest absolute Gasteiger partial charge is 0.200 e. The molecule has 2 fully saturated rings. The first-order valence-corrected chi connectivity index (χ1v) is 11.3. The van der Waals surface area contributed by atoms with Gasteiger partial charge in [-0.3, -0.25) is 4.99 Å². The summed E-state index contributed by atoms with van der Waals surface area (Å²) in [6.45, 7) is 12.9. The van der Waals surface area contributed by atoms with E-state index in [1.807, 2.05) is 4.68 Å². The maximum atomic E-state index is 6.52. The van der Waals surface area contributed by atoms with Crippen LogP contribution in [0.3, 0.4) is 0 Å². The highest BCUT2D eigenvalue weighted by molar-refractivity contribution is 6.32. The molecule has 1 aromatic rings. The third-order valence-electron chi connectivity index (χ3n) is 5.81. The second-order valence-electron chi connectivity index (χ2n) is 8.34. The van der Waals surface area contributed by atoms with Gasteiger partial charge in [-0.1, -0.05) is 36.2 Å². The number of allylic oxidation sites excluding steroid dienone is 4. The third kappa shape index (κ3) is 5.55. The van der Waals surface area contributed by atoms with Crippen LogP contribution in [0, 0.1) is 5.92 Å². The average molecular weight is 431 g/mol. The molecule has 0 aromatic carbocycles. The predicted octanol–water partition coefficient (Wildman–Crippen LogP) is 5.04. The molecule has 0 atom stereocenters. The first kappa shape index (κ1) is 22.6. The summed E-state index contributed by atoms with van der Waals surface area (Å²) in [6.07, 6.45) is 9.55. The lowest BCUT2D eigenvalue weighted by molar-refractivity contribution is 0.421. The van der Waals surface area contributed by atoms with Crippen LogP contribution in [0.5, 0.6) is 0 Å². The van der Waals surface area contributed by atoms with Gasteiger partial charge in [-0.05, 0) is 76.6 Å². The summed E-state index contributed by atoms with van der Waals surface area (Å²) < 4.78 is 1.89. The molecule has 1 saturated heterocycles. The van der Waals surface area contributed by atoms with Crippen LogP contribution in [0.2, 0.25) is 5.15 Å².